The number of nitrogens with two attached hydrogens (primary N) is 1. The van der Waals surface area contributed by atoms with Gasteiger partial charge in [0, 0.05) is 0 Å². The van der Waals surface area contributed by atoms with Gasteiger partial charge in [0.2, 0.25) is 0 Å². The van der Waals surface area contributed by atoms with Crippen LogP contribution in [0.4, 0.5) is 0 Å². The molecule has 0 radical (unpaired) electrons. The van der Waals surface area contributed by atoms with Crippen LogP contribution >= 0.6 is 0 Å². The van der Waals surface area contributed by atoms with Crippen molar-refractivity contribution in [1.29, 1.82) is 0 Å². The van der Waals surface area contributed by atoms with Gasteiger partial charge in [-0.25, -0.2) is 0 Å². The Hall–Kier alpha value is -0.860. The summed E-state index contributed by atoms with van der Waals surface area (Å²) in [5.74, 6) is 0. The van der Waals surface area contributed by atoms with Crippen LogP contribution in [0.2, 0.25) is 0 Å². The minimum absolute atomic E-state index is 0.291. The summed E-state index contributed by atoms with van der Waals surface area (Å²) in [7, 11) is 0. The molecule has 1 aromatic rings. The van der Waals surface area contributed by atoms with Gasteiger partial charge >= 0.3 is 0 Å². The van der Waals surface area contributed by atoms with E-state index in [-0.39, 0.29) is 6.10 Å². The fourth-order valence-corrected chi connectivity index (χ4v) is 1.31. The molecule has 3 N–H and O–H groups in total. The Morgan fingerprint density at radius 1 is 1.12 bits per heavy atom. The molecule has 0 bridgehead atoms. The summed E-state index contributed by atoms with van der Waals surface area (Å²) in [6.45, 7) is 5.00. The highest BCUT2D eigenvalue weighted by Gasteiger charge is 2.00. The molecule has 0 aliphatic carbocycles. The van der Waals surface area contributed by atoms with Gasteiger partial charge in [-0.3, -0.25) is 0 Å². The molecule has 1 unspecified atom stereocenters. The number of aliphatic hydroxyl groups is 1. The van der Waals surface area contributed by atoms with Gasteiger partial charge in [-0.05, 0) is 24.9 Å². The second kappa shape index (κ2) is 10.7. The topological polar surface area (TPSA) is 46.2 Å². The second-order valence-electron chi connectivity index (χ2n) is 3.83. The maximum absolute atomic E-state index is 9.33. The molecule has 0 saturated carbocycles. The average molecular weight is 223 g/mol. The van der Waals surface area contributed by atoms with Crippen LogP contribution < -0.4 is 5.73 Å². The van der Waals surface area contributed by atoms with Crippen molar-refractivity contribution >= 4 is 0 Å². The Kier molecular flexibility index (Phi) is 10.1. The van der Waals surface area contributed by atoms with Gasteiger partial charge in [-0.2, -0.15) is 0 Å². The van der Waals surface area contributed by atoms with Crippen molar-refractivity contribution < 1.29 is 5.11 Å². The third kappa shape index (κ3) is 7.43. The normalized spacial score (nSPS) is 11.5. The third-order valence-corrected chi connectivity index (χ3v) is 2.38. The zero-order chi connectivity index (χ0) is 12.2. The summed E-state index contributed by atoms with van der Waals surface area (Å²) < 4.78 is 0. The Morgan fingerprint density at radius 2 is 1.75 bits per heavy atom. The minimum atomic E-state index is -0.291. The SMILES string of the molecule is CCC(O)c1ccccc1.CCCCCN. The second-order valence-corrected chi connectivity index (χ2v) is 3.83. The van der Waals surface area contributed by atoms with E-state index in [1.165, 1.54) is 19.3 Å². The van der Waals surface area contributed by atoms with Crippen molar-refractivity contribution in [3.05, 3.63) is 35.9 Å². The van der Waals surface area contributed by atoms with Crippen molar-refractivity contribution in [1.82, 2.24) is 0 Å². The molecule has 1 aromatic carbocycles. The van der Waals surface area contributed by atoms with E-state index in [1.54, 1.807) is 0 Å². The first-order valence-corrected chi connectivity index (χ1v) is 6.19. The van der Waals surface area contributed by atoms with Gasteiger partial charge in [-0.15, -0.1) is 0 Å². The number of hydrogen-bond donors (Lipinski definition) is 2. The molecule has 0 heterocycles. The quantitative estimate of drug-likeness (QED) is 0.753. The molecule has 0 amide bonds. The lowest BCUT2D eigenvalue weighted by Crippen LogP contribution is -1.96. The van der Waals surface area contributed by atoms with Crippen LogP contribution in [0, 0.1) is 0 Å². The van der Waals surface area contributed by atoms with Crippen LogP contribution in [0.25, 0.3) is 0 Å². The largest absolute Gasteiger partial charge is 0.388 e. The molecule has 92 valence electrons. The molecule has 0 aliphatic rings. The van der Waals surface area contributed by atoms with Crippen molar-refractivity contribution in [3.63, 3.8) is 0 Å². The fraction of sp³-hybridized carbons (Fsp3) is 0.571. The molecule has 0 aliphatic heterocycles. The van der Waals surface area contributed by atoms with Crippen LogP contribution in [0.1, 0.15) is 51.2 Å². The van der Waals surface area contributed by atoms with Gasteiger partial charge in [0.15, 0.2) is 0 Å². The molecule has 1 rings (SSSR count). The van der Waals surface area contributed by atoms with Gasteiger partial charge in [0.25, 0.3) is 0 Å². The zero-order valence-electron chi connectivity index (χ0n) is 10.5. The van der Waals surface area contributed by atoms with Gasteiger partial charge < -0.3 is 10.8 Å². The van der Waals surface area contributed by atoms with Gasteiger partial charge in [0.05, 0.1) is 6.10 Å². The van der Waals surface area contributed by atoms with E-state index in [9.17, 15) is 5.11 Å². The number of rotatable bonds is 5. The van der Waals surface area contributed by atoms with Crippen molar-refractivity contribution in [2.45, 2.75) is 45.6 Å². The first-order valence-electron chi connectivity index (χ1n) is 6.19. The van der Waals surface area contributed by atoms with Gasteiger partial charge in [0.1, 0.15) is 0 Å². The molecule has 0 spiro atoms. The maximum Gasteiger partial charge on any atom is 0.0787 e. The summed E-state index contributed by atoms with van der Waals surface area (Å²) in [6.07, 6.45) is 4.25. The highest BCUT2D eigenvalue weighted by atomic mass is 16.3. The van der Waals surface area contributed by atoms with Crippen LogP contribution in [0.3, 0.4) is 0 Å². The predicted molar refractivity (Wildman–Crippen MR) is 70.3 cm³/mol. The predicted octanol–water partition coefficient (Wildman–Crippen LogP) is 3.27. The summed E-state index contributed by atoms with van der Waals surface area (Å²) >= 11 is 0. The average Bonchev–Trinajstić information content (AvgIpc) is 2.37. The van der Waals surface area contributed by atoms with E-state index in [0.717, 1.165) is 18.5 Å². The molecule has 1 atom stereocenters. The molecular formula is C14H25NO. The number of unbranched alkanes of at least 4 members (excludes halogenated alkanes) is 2. The standard InChI is InChI=1S/C9H12O.C5H13N/c1-2-9(10)8-6-4-3-5-7-8;1-2-3-4-5-6/h3-7,9-10H,2H2,1H3;2-6H2,1H3. The minimum Gasteiger partial charge on any atom is -0.388 e. The molecule has 2 heteroatoms. The molecule has 2 nitrogen and oxygen atoms in total. The third-order valence-electron chi connectivity index (χ3n) is 2.38. The number of aliphatic hydroxyl groups excluding tert-OH is 1. The summed E-state index contributed by atoms with van der Waals surface area (Å²) in [5, 5.41) is 9.33. The first kappa shape index (κ1) is 15.1. The van der Waals surface area contributed by atoms with Crippen molar-refractivity contribution in [2.24, 2.45) is 5.73 Å². The van der Waals surface area contributed by atoms with E-state index >= 15 is 0 Å². The highest BCUT2D eigenvalue weighted by molar-refractivity contribution is 5.16. The smallest absolute Gasteiger partial charge is 0.0787 e. The Bertz CT molecular complexity index is 232. The summed E-state index contributed by atoms with van der Waals surface area (Å²) in [6, 6.07) is 9.70. The Labute approximate surface area is 99.5 Å². The van der Waals surface area contributed by atoms with Gasteiger partial charge in [-0.1, -0.05) is 57.0 Å². The molecule has 0 saturated heterocycles. The Morgan fingerprint density at radius 3 is 2.12 bits per heavy atom. The summed E-state index contributed by atoms with van der Waals surface area (Å²) in [5.41, 5.74) is 6.22. The Balaban J connectivity index is 0.000000325. The summed E-state index contributed by atoms with van der Waals surface area (Å²) in [4.78, 5) is 0. The van der Waals surface area contributed by atoms with E-state index in [4.69, 9.17) is 5.73 Å². The van der Waals surface area contributed by atoms with Crippen LogP contribution in [-0.4, -0.2) is 11.7 Å². The monoisotopic (exact) mass is 223 g/mol. The molecule has 16 heavy (non-hydrogen) atoms. The lowest BCUT2D eigenvalue weighted by Gasteiger charge is -2.05. The molecular weight excluding hydrogens is 198 g/mol. The van der Waals surface area contributed by atoms with E-state index in [0.29, 0.717) is 0 Å². The fourth-order valence-electron chi connectivity index (χ4n) is 1.31. The number of benzene rings is 1. The lowest BCUT2D eigenvalue weighted by atomic mass is 10.1. The van der Waals surface area contributed by atoms with Crippen LogP contribution in [0.5, 0.6) is 0 Å². The van der Waals surface area contributed by atoms with E-state index in [2.05, 4.69) is 6.92 Å². The van der Waals surface area contributed by atoms with Crippen molar-refractivity contribution in [3.8, 4) is 0 Å². The maximum atomic E-state index is 9.33. The van der Waals surface area contributed by atoms with Crippen LogP contribution in [-0.2, 0) is 0 Å². The zero-order valence-corrected chi connectivity index (χ0v) is 10.5. The lowest BCUT2D eigenvalue weighted by molar-refractivity contribution is 0.173. The van der Waals surface area contributed by atoms with Crippen LogP contribution in [0.15, 0.2) is 30.3 Å². The highest BCUT2D eigenvalue weighted by Crippen LogP contribution is 2.14. The van der Waals surface area contributed by atoms with Crippen molar-refractivity contribution in [2.75, 3.05) is 6.54 Å². The molecule has 0 aromatic heterocycles. The van der Waals surface area contributed by atoms with E-state index < -0.39 is 0 Å². The molecule has 0 fully saturated rings. The van der Waals surface area contributed by atoms with E-state index in [1.807, 2.05) is 37.3 Å². The number of hydrogen-bond acceptors (Lipinski definition) is 2. The first-order chi connectivity index (χ1) is 7.76.